The van der Waals surface area contributed by atoms with Crippen molar-refractivity contribution in [1.29, 1.82) is 0 Å². The van der Waals surface area contributed by atoms with Crippen LogP contribution in [0.5, 0.6) is 11.5 Å². The van der Waals surface area contributed by atoms with Gasteiger partial charge in [0.05, 0.1) is 12.6 Å². The van der Waals surface area contributed by atoms with Crippen molar-refractivity contribution in [3.05, 3.63) is 70.0 Å². The minimum absolute atomic E-state index is 0.0234. The van der Waals surface area contributed by atoms with Gasteiger partial charge in [-0.3, -0.25) is 9.59 Å². The van der Waals surface area contributed by atoms with E-state index in [9.17, 15) is 9.59 Å². The summed E-state index contributed by atoms with van der Waals surface area (Å²) in [7, 11) is 1.64. The second-order valence-corrected chi connectivity index (χ2v) is 8.49. The number of aryl methyl sites for hydroxylation is 1. The SMILES string of the molecule is COc1ccc(CCNC(=O)COc2ccc3c(C)cc(=O)n(CC4CCC4)c3c2)cc1. The number of carbonyl (C=O) groups excluding carboxylic acids is 1. The average Bonchev–Trinajstić information content (AvgIpc) is 2.76. The summed E-state index contributed by atoms with van der Waals surface area (Å²) in [6.07, 6.45) is 4.33. The first-order valence-electron chi connectivity index (χ1n) is 11.2. The van der Waals surface area contributed by atoms with Crippen LogP contribution in [0.25, 0.3) is 10.9 Å². The highest BCUT2D eigenvalue weighted by atomic mass is 16.5. The van der Waals surface area contributed by atoms with Crippen molar-refractivity contribution in [2.75, 3.05) is 20.3 Å². The molecule has 1 saturated carbocycles. The van der Waals surface area contributed by atoms with E-state index < -0.39 is 0 Å². The largest absolute Gasteiger partial charge is 0.497 e. The molecule has 1 aromatic heterocycles. The Labute approximate surface area is 188 Å². The molecule has 168 valence electrons. The molecule has 1 fully saturated rings. The summed E-state index contributed by atoms with van der Waals surface area (Å²) in [5, 5.41) is 3.93. The second kappa shape index (κ2) is 9.90. The van der Waals surface area contributed by atoms with Crippen LogP contribution in [-0.4, -0.2) is 30.7 Å². The first kappa shape index (κ1) is 21.9. The molecule has 1 aliphatic rings. The summed E-state index contributed by atoms with van der Waals surface area (Å²) in [4.78, 5) is 24.9. The minimum atomic E-state index is -0.172. The van der Waals surface area contributed by atoms with E-state index in [1.807, 2.05) is 54.0 Å². The summed E-state index contributed by atoms with van der Waals surface area (Å²) in [6.45, 7) is 3.16. The van der Waals surface area contributed by atoms with Crippen molar-refractivity contribution in [1.82, 2.24) is 9.88 Å². The molecule has 3 aromatic rings. The van der Waals surface area contributed by atoms with Crippen LogP contribution in [0.2, 0.25) is 0 Å². The van der Waals surface area contributed by atoms with Crippen molar-refractivity contribution in [2.45, 2.75) is 39.2 Å². The lowest BCUT2D eigenvalue weighted by molar-refractivity contribution is -0.123. The standard InChI is InChI=1S/C26H30N2O4/c1-18-14-26(30)28(16-20-4-3-5-20)24-15-22(10-11-23(18)24)32-17-25(29)27-13-12-19-6-8-21(31-2)9-7-19/h6-11,14-15,20H,3-5,12-13,16-17H2,1-2H3,(H,27,29). The summed E-state index contributed by atoms with van der Waals surface area (Å²) in [5.74, 6) is 1.81. The van der Waals surface area contributed by atoms with E-state index in [-0.39, 0.29) is 18.1 Å². The number of benzene rings is 2. The van der Waals surface area contributed by atoms with E-state index in [0.717, 1.165) is 40.7 Å². The fourth-order valence-corrected chi connectivity index (χ4v) is 4.08. The van der Waals surface area contributed by atoms with E-state index in [1.54, 1.807) is 13.2 Å². The van der Waals surface area contributed by atoms with Crippen LogP contribution in [0.4, 0.5) is 0 Å². The topological polar surface area (TPSA) is 69.6 Å². The third-order valence-electron chi connectivity index (χ3n) is 6.22. The Balaban J connectivity index is 1.36. The van der Waals surface area contributed by atoms with Gasteiger partial charge in [-0.15, -0.1) is 0 Å². The molecule has 4 rings (SSSR count). The van der Waals surface area contributed by atoms with Crippen LogP contribution in [0.1, 0.15) is 30.4 Å². The third kappa shape index (κ3) is 5.13. The molecule has 0 radical (unpaired) electrons. The average molecular weight is 435 g/mol. The number of hydrogen-bond donors (Lipinski definition) is 1. The molecule has 0 saturated heterocycles. The maximum absolute atomic E-state index is 12.6. The molecule has 32 heavy (non-hydrogen) atoms. The monoisotopic (exact) mass is 434 g/mol. The quantitative estimate of drug-likeness (QED) is 0.555. The number of amides is 1. The molecule has 6 heteroatoms. The number of pyridine rings is 1. The van der Waals surface area contributed by atoms with Gasteiger partial charge in [-0.25, -0.2) is 0 Å². The van der Waals surface area contributed by atoms with E-state index in [0.29, 0.717) is 18.2 Å². The molecule has 1 heterocycles. The molecule has 1 N–H and O–H groups in total. The Morgan fingerprint density at radius 3 is 2.53 bits per heavy atom. The van der Waals surface area contributed by atoms with E-state index in [2.05, 4.69) is 5.32 Å². The Morgan fingerprint density at radius 1 is 1.09 bits per heavy atom. The smallest absolute Gasteiger partial charge is 0.257 e. The second-order valence-electron chi connectivity index (χ2n) is 8.49. The maximum atomic E-state index is 12.6. The molecule has 6 nitrogen and oxygen atoms in total. The normalized spacial score (nSPS) is 13.6. The summed E-state index contributed by atoms with van der Waals surface area (Å²) < 4.78 is 12.8. The number of aromatic nitrogens is 1. The highest BCUT2D eigenvalue weighted by Crippen LogP contribution is 2.29. The zero-order chi connectivity index (χ0) is 22.5. The van der Waals surface area contributed by atoms with Gasteiger partial charge >= 0.3 is 0 Å². The fraction of sp³-hybridized carbons (Fsp3) is 0.385. The van der Waals surface area contributed by atoms with Crippen molar-refractivity contribution in [3.8, 4) is 11.5 Å². The first-order chi connectivity index (χ1) is 15.5. The number of carbonyl (C=O) groups is 1. The highest BCUT2D eigenvalue weighted by molar-refractivity contribution is 5.84. The van der Waals surface area contributed by atoms with Gasteiger partial charge in [-0.05, 0) is 67.5 Å². The summed E-state index contributed by atoms with van der Waals surface area (Å²) in [6, 6.07) is 15.2. The van der Waals surface area contributed by atoms with E-state index in [4.69, 9.17) is 9.47 Å². The first-order valence-corrected chi connectivity index (χ1v) is 11.2. The molecular formula is C26H30N2O4. The number of methoxy groups -OCH3 is 1. The Bertz CT molecular complexity index is 1150. The minimum Gasteiger partial charge on any atom is -0.497 e. The zero-order valence-corrected chi connectivity index (χ0v) is 18.7. The molecule has 2 aromatic carbocycles. The number of fused-ring (bicyclic) bond motifs is 1. The lowest BCUT2D eigenvalue weighted by atomic mass is 9.85. The van der Waals surface area contributed by atoms with Gasteiger partial charge in [-0.2, -0.15) is 0 Å². The van der Waals surface area contributed by atoms with E-state index >= 15 is 0 Å². The van der Waals surface area contributed by atoms with Crippen molar-refractivity contribution >= 4 is 16.8 Å². The highest BCUT2D eigenvalue weighted by Gasteiger charge is 2.20. The van der Waals surface area contributed by atoms with Crippen LogP contribution < -0.4 is 20.3 Å². The van der Waals surface area contributed by atoms with Gasteiger partial charge < -0.3 is 19.4 Å². The molecule has 0 unspecified atom stereocenters. The molecular weight excluding hydrogens is 404 g/mol. The number of hydrogen-bond acceptors (Lipinski definition) is 4. The lowest BCUT2D eigenvalue weighted by Gasteiger charge is -2.27. The predicted molar refractivity (Wildman–Crippen MR) is 125 cm³/mol. The van der Waals surface area contributed by atoms with Gasteiger partial charge in [0.25, 0.3) is 11.5 Å². The van der Waals surface area contributed by atoms with Crippen LogP contribution in [-0.2, 0) is 17.8 Å². The number of rotatable bonds is 9. The summed E-state index contributed by atoms with van der Waals surface area (Å²) in [5.41, 5.74) is 2.98. The molecule has 1 amide bonds. The van der Waals surface area contributed by atoms with Gasteiger partial charge in [-0.1, -0.05) is 18.6 Å². The van der Waals surface area contributed by atoms with Crippen molar-refractivity contribution < 1.29 is 14.3 Å². The van der Waals surface area contributed by atoms with E-state index in [1.165, 1.54) is 19.3 Å². The Morgan fingerprint density at radius 2 is 1.84 bits per heavy atom. The molecule has 1 aliphatic carbocycles. The molecule has 0 spiro atoms. The zero-order valence-electron chi connectivity index (χ0n) is 18.7. The van der Waals surface area contributed by atoms with Crippen LogP contribution in [0, 0.1) is 12.8 Å². The van der Waals surface area contributed by atoms with Gasteiger partial charge in [0, 0.05) is 30.6 Å². The number of ether oxygens (including phenoxy) is 2. The molecule has 0 atom stereocenters. The summed E-state index contributed by atoms with van der Waals surface area (Å²) >= 11 is 0. The Hall–Kier alpha value is -3.28. The Kier molecular flexibility index (Phi) is 6.78. The van der Waals surface area contributed by atoms with Crippen LogP contribution in [0.15, 0.2) is 53.3 Å². The predicted octanol–water partition coefficient (Wildman–Crippen LogP) is 3.86. The lowest BCUT2D eigenvalue weighted by Crippen LogP contribution is -2.30. The number of nitrogens with zero attached hydrogens (tertiary/aromatic N) is 1. The fourth-order valence-electron chi connectivity index (χ4n) is 4.08. The number of nitrogens with one attached hydrogen (secondary N) is 1. The molecule has 0 bridgehead atoms. The van der Waals surface area contributed by atoms with Gasteiger partial charge in [0.1, 0.15) is 11.5 Å². The maximum Gasteiger partial charge on any atom is 0.257 e. The third-order valence-corrected chi connectivity index (χ3v) is 6.22. The van der Waals surface area contributed by atoms with Crippen LogP contribution >= 0.6 is 0 Å². The van der Waals surface area contributed by atoms with Crippen molar-refractivity contribution in [3.63, 3.8) is 0 Å². The van der Waals surface area contributed by atoms with Gasteiger partial charge in [0.15, 0.2) is 6.61 Å². The molecule has 0 aliphatic heterocycles. The van der Waals surface area contributed by atoms with Gasteiger partial charge in [0.2, 0.25) is 0 Å². The van der Waals surface area contributed by atoms with Crippen LogP contribution in [0.3, 0.4) is 0 Å². The van der Waals surface area contributed by atoms with Crippen molar-refractivity contribution in [2.24, 2.45) is 5.92 Å².